The van der Waals surface area contributed by atoms with Gasteiger partial charge in [-0.2, -0.15) is 0 Å². The Balaban J connectivity index is 1.98. The third kappa shape index (κ3) is 3.45. The molecule has 0 saturated carbocycles. The smallest absolute Gasteiger partial charge is 0.312 e. The highest BCUT2D eigenvalue weighted by Gasteiger charge is 2.32. The van der Waals surface area contributed by atoms with Crippen LogP contribution in [0.3, 0.4) is 0 Å². The predicted molar refractivity (Wildman–Crippen MR) is 70.7 cm³/mol. The molecule has 0 aromatic carbocycles. The van der Waals surface area contributed by atoms with Crippen molar-refractivity contribution in [2.75, 3.05) is 45.9 Å². The van der Waals surface area contributed by atoms with Crippen LogP contribution in [0.25, 0.3) is 0 Å². The van der Waals surface area contributed by atoms with Gasteiger partial charge in [-0.1, -0.05) is 6.92 Å². The SMILES string of the molecule is CCC1COCCN1C(=O)C(=O)N1CCCNCC1. The van der Waals surface area contributed by atoms with Crippen LogP contribution in [0.2, 0.25) is 0 Å². The second-order valence-electron chi connectivity index (χ2n) is 5.03. The highest BCUT2D eigenvalue weighted by molar-refractivity contribution is 6.35. The molecule has 1 N–H and O–H groups in total. The van der Waals surface area contributed by atoms with E-state index in [1.807, 2.05) is 6.92 Å². The fraction of sp³-hybridized carbons (Fsp3) is 0.846. The summed E-state index contributed by atoms with van der Waals surface area (Å²) in [5.74, 6) is -0.721. The summed E-state index contributed by atoms with van der Waals surface area (Å²) in [6, 6.07) is 0.0373. The Morgan fingerprint density at radius 1 is 1.21 bits per heavy atom. The van der Waals surface area contributed by atoms with Crippen molar-refractivity contribution < 1.29 is 14.3 Å². The van der Waals surface area contributed by atoms with E-state index >= 15 is 0 Å². The summed E-state index contributed by atoms with van der Waals surface area (Å²) in [5, 5.41) is 3.23. The number of nitrogens with one attached hydrogen (secondary N) is 1. The van der Waals surface area contributed by atoms with Crippen LogP contribution in [0.1, 0.15) is 19.8 Å². The van der Waals surface area contributed by atoms with Gasteiger partial charge in [0.05, 0.1) is 19.3 Å². The van der Waals surface area contributed by atoms with Gasteiger partial charge in [0.15, 0.2) is 0 Å². The molecule has 0 radical (unpaired) electrons. The first-order valence-corrected chi connectivity index (χ1v) is 7.12. The van der Waals surface area contributed by atoms with Crippen molar-refractivity contribution in [1.29, 1.82) is 0 Å². The highest BCUT2D eigenvalue weighted by Crippen LogP contribution is 2.12. The summed E-state index contributed by atoms with van der Waals surface area (Å²) >= 11 is 0. The van der Waals surface area contributed by atoms with E-state index in [0.717, 1.165) is 25.9 Å². The zero-order valence-electron chi connectivity index (χ0n) is 11.6. The van der Waals surface area contributed by atoms with E-state index in [0.29, 0.717) is 32.8 Å². The molecule has 2 amide bonds. The van der Waals surface area contributed by atoms with Crippen LogP contribution in [-0.2, 0) is 14.3 Å². The number of ether oxygens (including phenoxy) is 1. The lowest BCUT2D eigenvalue weighted by atomic mass is 10.1. The molecule has 1 atom stereocenters. The molecule has 0 aliphatic carbocycles. The minimum Gasteiger partial charge on any atom is -0.377 e. The van der Waals surface area contributed by atoms with Crippen LogP contribution in [0, 0.1) is 0 Å². The molecule has 2 aliphatic heterocycles. The monoisotopic (exact) mass is 269 g/mol. The van der Waals surface area contributed by atoms with Crippen molar-refractivity contribution in [2.45, 2.75) is 25.8 Å². The van der Waals surface area contributed by atoms with Crippen LogP contribution in [0.15, 0.2) is 0 Å². The lowest BCUT2D eigenvalue weighted by Gasteiger charge is -2.35. The molecule has 108 valence electrons. The van der Waals surface area contributed by atoms with Gasteiger partial charge in [-0.05, 0) is 19.4 Å². The molecular formula is C13H23N3O3. The lowest BCUT2D eigenvalue weighted by Crippen LogP contribution is -2.54. The van der Waals surface area contributed by atoms with E-state index in [2.05, 4.69) is 5.32 Å². The Labute approximate surface area is 114 Å². The number of carbonyl (C=O) groups is 2. The van der Waals surface area contributed by atoms with E-state index in [4.69, 9.17) is 4.74 Å². The maximum absolute atomic E-state index is 12.3. The topological polar surface area (TPSA) is 61.9 Å². The van der Waals surface area contributed by atoms with Crippen molar-refractivity contribution in [3.8, 4) is 0 Å². The summed E-state index contributed by atoms with van der Waals surface area (Å²) in [7, 11) is 0. The third-order valence-electron chi connectivity index (χ3n) is 3.77. The van der Waals surface area contributed by atoms with Gasteiger partial charge in [-0.15, -0.1) is 0 Å². The fourth-order valence-electron chi connectivity index (χ4n) is 2.57. The number of morpholine rings is 1. The van der Waals surface area contributed by atoms with Crippen molar-refractivity contribution in [3.63, 3.8) is 0 Å². The Hall–Kier alpha value is -1.14. The minimum absolute atomic E-state index is 0.0373. The van der Waals surface area contributed by atoms with Gasteiger partial charge >= 0.3 is 11.8 Å². The second-order valence-corrected chi connectivity index (χ2v) is 5.03. The molecule has 2 heterocycles. The van der Waals surface area contributed by atoms with Gasteiger partial charge in [-0.3, -0.25) is 9.59 Å². The normalized spacial score (nSPS) is 25.0. The third-order valence-corrected chi connectivity index (χ3v) is 3.77. The summed E-state index contributed by atoms with van der Waals surface area (Å²) in [6.45, 7) is 6.56. The molecule has 0 spiro atoms. The minimum atomic E-state index is -0.364. The zero-order valence-corrected chi connectivity index (χ0v) is 11.6. The maximum Gasteiger partial charge on any atom is 0.312 e. The number of hydrogen-bond donors (Lipinski definition) is 1. The van der Waals surface area contributed by atoms with Crippen molar-refractivity contribution in [3.05, 3.63) is 0 Å². The van der Waals surface area contributed by atoms with Crippen molar-refractivity contribution in [2.24, 2.45) is 0 Å². The highest BCUT2D eigenvalue weighted by atomic mass is 16.5. The summed E-state index contributed by atoms with van der Waals surface area (Å²) < 4.78 is 5.37. The van der Waals surface area contributed by atoms with Gasteiger partial charge < -0.3 is 19.9 Å². The molecular weight excluding hydrogens is 246 g/mol. The maximum atomic E-state index is 12.3. The quantitative estimate of drug-likeness (QED) is 0.649. The molecule has 1 unspecified atom stereocenters. The standard InChI is InChI=1S/C13H23N3O3/c1-2-11-10-19-9-8-16(11)13(18)12(17)15-6-3-4-14-5-7-15/h11,14H,2-10H2,1H3. The molecule has 6 heteroatoms. The molecule has 0 aromatic heterocycles. The number of amides is 2. The van der Waals surface area contributed by atoms with Crippen LogP contribution in [0.5, 0.6) is 0 Å². The Morgan fingerprint density at radius 3 is 2.84 bits per heavy atom. The Kier molecular flexibility index (Phi) is 5.15. The number of rotatable bonds is 1. The summed E-state index contributed by atoms with van der Waals surface area (Å²) in [6.07, 6.45) is 1.72. The van der Waals surface area contributed by atoms with Crippen LogP contribution in [-0.4, -0.2) is 73.6 Å². The van der Waals surface area contributed by atoms with Crippen molar-refractivity contribution in [1.82, 2.24) is 15.1 Å². The molecule has 19 heavy (non-hydrogen) atoms. The van der Waals surface area contributed by atoms with E-state index in [1.54, 1.807) is 9.80 Å². The molecule has 0 aromatic rings. The Morgan fingerprint density at radius 2 is 2.05 bits per heavy atom. The van der Waals surface area contributed by atoms with E-state index < -0.39 is 0 Å². The second kappa shape index (κ2) is 6.86. The summed E-state index contributed by atoms with van der Waals surface area (Å²) in [4.78, 5) is 28.0. The molecule has 2 rings (SSSR count). The lowest BCUT2D eigenvalue weighted by molar-refractivity contribution is -0.156. The van der Waals surface area contributed by atoms with Gasteiger partial charge in [0.25, 0.3) is 0 Å². The first-order valence-electron chi connectivity index (χ1n) is 7.12. The average molecular weight is 269 g/mol. The van der Waals surface area contributed by atoms with Gasteiger partial charge in [-0.25, -0.2) is 0 Å². The first-order chi connectivity index (χ1) is 9.24. The molecule has 2 aliphatic rings. The van der Waals surface area contributed by atoms with Crippen LogP contribution in [0.4, 0.5) is 0 Å². The van der Waals surface area contributed by atoms with Gasteiger partial charge in [0.2, 0.25) is 0 Å². The largest absolute Gasteiger partial charge is 0.377 e. The van der Waals surface area contributed by atoms with E-state index in [9.17, 15) is 9.59 Å². The predicted octanol–water partition coefficient (Wildman–Crippen LogP) is -0.554. The summed E-state index contributed by atoms with van der Waals surface area (Å²) in [5.41, 5.74) is 0. The van der Waals surface area contributed by atoms with Gasteiger partial charge in [0, 0.05) is 26.2 Å². The molecule has 6 nitrogen and oxygen atoms in total. The zero-order chi connectivity index (χ0) is 13.7. The first kappa shape index (κ1) is 14.3. The van der Waals surface area contributed by atoms with Gasteiger partial charge in [0.1, 0.15) is 0 Å². The Bertz CT molecular complexity index is 327. The van der Waals surface area contributed by atoms with Crippen molar-refractivity contribution >= 4 is 11.8 Å². The number of nitrogens with zero attached hydrogens (tertiary/aromatic N) is 2. The fourth-order valence-corrected chi connectivity index (χ4v) is 2.57. The van der Waals surface area contributed by atoms with E-state index in [1.165, 1.54) is 0 Å². The molecule has 0 bridgehead atoms. The van der Waals surface area contributed by atoms with Crippen LogP contribution >= 0.6 is 0 Å². The number of carbonyl (C=O) groups excluding carboxylic acids is 2. The molecule has 2 fully saturated rings. The average Bonchev–Trinajstić information content (AvgIpc) is 2.74. The molecule has 2 saturated heterocycles. The van der Waals surface area contributed by atoms with Crippen LogP contribution < -0.4 is 5.32 Å². The number of hydrogen-bond acceptors (Lipinski definition) is 4. The van der Waals surface area contributed by atoms with E-state index in [-0.39, 0.29) is 17.9 Å².